The summed E-state index contributed by atoms with van der Waals surface area (Å²) in [6, 6.07) is 1.89. The molecule has 0 spiro atoms. The number of nitro benzene ring substituents is 1. The number of carbonyl (C=O) groups excluding carboxylic acids is 1. The Balaban J connectivity index is 2.61. The number of primary sulfonamides is 1. The largest absolute Gasteiger partial charge is 0.339 e. The number of sulfonamides is 1. The Labute approximate surface area is 129 Å². The van der Waals surface area contributed by atoms with Crippen LogP contribution in [0.25, 0.3) is 0 Å². The Morgan fingerprint density at radius 1 is 1.33 bits per heavy atom. The van der Waals surface area contributed by atoms with Gasteiger partial charge in [-0.25, -0.2) is 13.6 Å². The Morgan fingerprint density at radius 2 is 1.90 bits per heavy atom. The first kappa shape index (κ1) is 15.9. The number of rotatable bonds is 3. The summed E-state index contributed by atoms with van der Waals surface area (Å²) in [5.41, 5.74) is -0.570. The van der Waals surface area contributed by atoms with Gasteiger partial charge in [-0.15, -0.1) is 0 Å². The second-order valence-electron chi connectivity index (χ2n) is 4.61. The molecule has 2 rings (SSSR count). The molecule has 21 heavy (non-hydrogen) atoms. The van der Waals surface area contributed by atoms with Gasteiger partial charge in [0.05, 0.1) is 15.0 Å². The van der Waals surface area contributed by atoms with Gasteiger partial charge in [0.2, 0.25) is 10.0 Å². The van der Waals surface area contributed by atoms with E-state index in [4.69, 9.17) is 5.14 Å². The number of likely N-dealkylation sites (tertiary alicyclic amines) is 1. The topological polar surface area (TPSA) is 124 Å². The summed E-state index contributed by atoms with van der Waals surface area (Å²) in [7, 11) is -4.19. The number of nitrogens with two attached hydrogens (primary N) is 1. The molecule has 1 aromatic rings. The van der Waals surface area contributed by atoms with Crippen LogP contribution in [-0.2, 0) is 10.0 Å². The third kappa shape index (κ3) is 3.22. The van der Waals surface area contributed by atoms with Crippen molar-refractivity contribution in [3.63, 3.8) is 0 Å². The summed E-state index contributed by atoms with van der Waals surface area (Å²) in [6.07, 6.45) is 1.70. The highest BCUT2D eigenvalue weighted by Crippen LogP contribution is 2.31. The van der Waals surface area contributed by atoms with Crippen LogP contribution in [0.2, 0.25) is 0 Å². The lowest BCUT2D eigenvalue weighted by molar-refractivity contribution is -0.385. The molecule has 1 fully saturated rings. The maximum absolute atomic E-state index is 12.4. The predicted octanol–water partition coefficient (Wildman–Crippen LogP) is 1.24. The highest BCUT2D eigenvalue weighted by molar-refractivity contribution is 9.10. The molecule has 0 saturated carbocycles. The minimum atomic E-state index is -4.19. The van der Waals surface area contributed by atoms with Crippen molar-refractivity contribution in [3.05, 3.63) is 32.3 Å². The SMILES string of the molecule is NS(=O)(=O)c1cc([N+](=O)[O-])cc(C(=O)N2CCCC2)c1Br. The van der Waals surface area contributed by atoms with Crippen LogP contribution in [0.4, 0.5) is 5.69 Å². The molecule has 0 aromatic heterocycles. The van der Waals surface area contributed by atoms with Crippen LogP contribution in [0, 0.1) is 10.1 Å². The number of hydrogen-bond donors (Lipinski definition) is 1. The minimum Gasteiger partial charge on any atom is -0.339 e. The van der Waals surface area contributed by atoms with Crippen LogP contribution < -0.4 is 5.14 Å². The quantitative estimate of drug-likeness (QED) is 0.626. The number of carbonyl (C=O) groups is 1. The summed E-state index contributed by atoms with van der Waals surface area (Å²) < 4.78 is 23.0. The van der Waals surface area contributed by atoms with E-state index in [1.54, 1.807) is 0 Å². The van der Waals surface area contributed by atoms with Crippen molar-refractivity contribution in [2.24, 2.45) is 5.14 Å². The molecule has 1 saturated heterocycles. The smallest absolute Gasteiger partial charge is 0.271 e. The summed E-state index contributed by atoms with van der Waals surface area (Å²) in [5.74, 6) is -0.451. The van der Waals surface area contributed by atoms with E-state index in [1.807, 2.05) is 0 Å². The molecule has 1 heterocycles. The second-order valence-corrected chi connectivity index (χ2v) is 6.93. The number of hydrogen-bond acceptors (Lipinski definition) is 5. The standard InChI is InChI=1S/C11H12BrN3O5S/c12-10-8(11(16)14-3-1-2-4-14)5-7(15(17)18)6-9(10)21(13,19)20/h5-6H,1-4H2,(H2,13,19,20). The van der Waals surface area contributed by atoms with Crippen molar-refractivity contribution in [3.8, 4) is 0 Å². The van der Waals surface area contributed by atoms with Crippen molar-refractivity contribution in [1.82, 2.24) is 4.90 Å². The number of halogens is 1. The normalized spacial score (nSPS) is 15.2. The van der Waals surface area contributed by atoms with Gasteiger partial charge in [-0.3, -0.25) is 14.9 Å². The number of nitrogens with zero attached hydrogens (tertiary/aromatic N) is 2. The Hall–Kier alpha value is -1.52. The molecule has 2 N–H and O–H groups in total. The minimum absolute atomic E-state index is 0.0486. The van der Waals surface area contributed by atoms with Gasteiger partial charge in [-0.1, -0.05) is 0 Å². The molecule has 1 amide bonds. The average Bonchev–Trinajstić information content (AvgIpc) is 2.90. The van der Waals surface area contributed by atoms with Gasteiger partial charge < -0.3 is 4.90 Å². The van der Waals surface area contributed by atoms with E-state index < -0.39 is 31.4 Å². The van der Waals surface area contributed by atoms with Crippen LogP contribution in [-0.4, -0.2) is 37.2 Å². The Bertz CT molecular complexity index is 713. The maximum Gasteiger partial charge on any atom is 0.271 e. The molecule has 10 heteroatoms. The van der Waals surface area contributed by atoms with Gasteiger partial charge in [-0.05, 0) is 28.8 Å². The van der Waals surface area contributed by atoms with Crippen molar-refractivity contribution in [2.45, 2.75) is 17.7 Å². The van der Waals surface area contributed by atoms with Crippen LogP contribution in [0.3, 0.4) is 0 Å². The van der Waals surface area contributed by atoms with Crippen molar-refractivity contribution < 1.29 is 18.1 Å². The molecular formula is C11H12BrN3O5S. The Kier molecular flexibility index (Phi) is 4.30. The molecule has 0 atom stereocenters. The predicted molar refractivity (Wildman–Crippen MR) is 77.3 cm³/mol. The second kappa shape index (κ2) is 5.70. The highest BCUT2D eigenvalue weighted by Gasteiger charge is 2.28. The highest BCUT2D eigenvalue weighted by atomic mass is 79.9. The van der Waals surface area contributed by atoms with Gasteiger partial charge >= 0.3 is 0 Å². The van der Waals surface area contributed by atoms with Crippen LogP contribution >= 0.6 is 15.9 Å². The summed E-state index contributed by atoms with van der Waals surface area (Å²) in [5, 5.41) is 16.0. The fraction of sp³-hybridized carbons (Fsp3) is 0.364. The maximum atomic E-state index is 12.4. The summed E-state index contributed by atoms with van der Waals surface area (Å²) >= 11 is 3.02. The number of non-ortho nitro benzene ring substituents is 1. The molecule has 0 radical (unpaired) electrons. The first-order chi connectivity index (χ1) is 9.71. The monoisotopic (exact) mass is 377 g/mol. The zero-order chi connectivity index (χ0) is 15.8. The van der Waals surface area contributed by atoms with E-state index in [-0.39, 0.29) is 10.0 Å². The number of nitro groups is 1. The van der Waals surface area contributed by atoms with Gasteiger partial charge in [0.15, 0.2) is 0 Å². The van der Waals surface area contributed by atoms with E-state index in [2.05, 4.69) is 15.9 Å². The van der Waals surface area contributed by atoms with Gasteiger partial charge in [0, 0.05) is 25.2 Å². The molecule has 0 aliphatic carbocycles. The third-order valence-corrected chi connectivity index (χ3v) is 5.22. The van der Waals surface area contributed by atoms with Crippen LogP contribution in [0.15, 0.2) is 21.5 Å². The lowest BCUT2D eigenvalue weighted by Gasteiger charge is -2.17. The van der Waals surface area contributed by atoms with E-state index in [0.717, 1.165) is 25.0 Å². The average molecular weight is 378 g/mol. The number of benzene rings is 1. The lowest BCUT2D eigenvalue weighted by atomic mass is 10.2. The van der Waals surface area contributed by atoms with Crippen LogP contribution in [0.5, 0.6) is 0 Å². The van der Waals surface area contributed by atoms with Gasteiger partial charge in [0.25, 0.3) is 11.6 Å². The lowest BCUT2D eigenvalue weighted by Crippen LogP contribution is -2.28. The van der Waals surface area contributed by atoms with Crippen molar-refractivity contribution >= 4 is 37.5 Å². The molecule has 0 bridgehead atoms. The fourth-order valence-corrected chi connectivity index (χ4v) is 3.86. The molecular weight excluding hydrogens is 366 g/mol. The first-order valence-electron chi connectivity index (χ1n) is 6.02. The summed E-state index contributed by atoms with van der Waals surface area (Å²) in [6.45, 7) is 1.08. The van der Waals surface area contributed by atoms with Gasteiger partial charge in [0.1, 0.15) is 4.90 Å². The molecule has 1 aromatic carbocycles. The molecule has 1 aliphatic rings. The fourth-order valence-electron chi connectivity index (χ4n) is 2.14. The van der Waals surface area contributed by atoms with Crippen LogP contribution in [0.1, 0.15) is 23.2 Å². The number of amides is 1. The molecule has 1 aliphatic heterocycles. The first-order valence-corrected chi connectivity index (χ1v) is 8.36. The zero-order valence-electron chi connectivity index (χ0n) is 10.8. The van der Waals surface area contributed by atoms with E-state index in [1.165, 1.54) is 4.90 Å². The van der Waals surface area contributed by atoms with Gasteiger partial charge in [-0.2, -0.15) is 0 Å². The van der Waals surface area contributed by atoms with Crippen molar-refractivity contribution in [2.75, 3.05) is 13.1 Å². The zero-order valence-corrected chi connectivity index (χ0v) is 13.2. The molecule has 8 nitrogen and oxygen atoms in total. The van der Waals surface area contributed by atoms with E-state index in [9.17, 15) is 23.3 Å². The third-order valence-electron chi connectivity index (χ3n) is 3.17. The van der Waals surface area contributed by atoms with Crippen molar-refractivity contribution in [1.29, 1.82) is 0 Å². The van der Waals surface area contributed by atoms with E-state index >= 15 is 0 Å². The molecule has 114 valence electrons. The molecule has 0 unspecified atom stereocenters. The van der Waals surface area contributed by atoms with E-state index in [0.29, 0.717) is 13.1 Å². The summed E-state index contributed by atoms with van der Waals surface area (Å²) in [4.78, 5) is 23.6. The Morgan fingerprint density at radius 3 is 2.38 bits per heavy atom.